The lowest BCUT2D eigenvalue weighted by atomic mass is 9.33. The molecule has 2 heterocycles. The Bertz CT molecular complexity index is 3340. The van der Waals surface area contributed by atoms with Crippen LogP contribution in [-0.4, -0.2) is 6.71 Å². The van der Waals surface area contributed by atoms with Gasteiger partial charge >= 0.3 is 0 Å². The summed E-state index contributed by atoms with van der Waals surface area (Å²) in [7, 11) is 0. The molecule has 10 aromatic carbocycles. The fourth-order valence-electron chi connectivity index (χ4n) is 10.6. The lowest BCUT2D eigenvalue weighted by Gasteiger charge is -2.45. The summed E-state index contributed by atoms with van der Waals surface area (Å²) in [5.74, 6) is 0. The van der Waals surface area contributed by atoms with Gasteiger partial charge in [-0.1, -0.05) is 215 Å². The summed E-state index contributed by atoms with van der Waals surface area (Å²) in [6.07, 6.45) is 0. The van der Waals surface area contributed by atoms with Gasteiger partial charge in [-0.2, -0.15) is 0 Å². The molecule has 2 aliphatic heterocycles. The van der Waals surface area contributed by atoms with E-state index in [1.54, 1.807) is 0 Å². The van der Waals surface area contributed by atoms with Crippen LogP contribution in [0.4, 0.5) is 34.1 Å². The highest BCUT2D eigenvalue weighted by molar-refractivity contribution is 7.00. The molecular formula is C64H49BN2. The van der Waals surface area contributed by atoms with E-state index in [0.29, 0.717) is 0 Å². The number of fused-ring (bicyclic) bond motifs is 4. The minimum Gasteiger partial charge on any atom is -0.311 e. The standard InChI is InChI=1S/C64H49BN2/c1-64(2,3)51-35-40-59-57(43-51)65-56-29-16-17-30-58(56)66(52-36-31-46(32-37-52)44-19-8-4-9-20-44)60-41-50(42-61(63(60)65)67(59)53-38-33-47(34-39-53)45-21-10-5-11-22-45)62-54(48-23-12-6-13-24-48)27-18-28-55(62)49-25-14-7-15-26-49/h4-43H,1-3H3. The van der Waals surface area contributed by atoms with E-state index in [4.69, 9.17) is 0 Å². The van der Waals surface area contributed by atoms with Gasteiger partial charge in [-0.05, 0) is 132 Å². The molecule has 12 rings (SSSR count). The zero-order chi connectivity index (χ0) is 45.1. The second-order valence-electron chi connectivity index (χ2n) is 18.9. The Hall–Kier alpha value is -8.14. The Morgan fingerprint density at radius 1 is 0.313 bits per heavy atom. The van der Waals surface area contributed by atoms with Gasteiger partial charge < -0.3 is 9.80 Å². The Balaban J connectivity index is 1.18. The molecule has 10 aromatic rings. The normalized spacial score (nSPS) is 12.6. The van der Waals surface area contributed by atoms with Crippen LogP contribution in [-0.2, 0) is 5.41 Å². The van der Waals surface area contributed by atoms with Crippen LogP contribution >= 0.6 is 0 Å². The van der Waals surface area contributed by atoms with Crippen molar-refractivity contribution in [2.75, 3.05) is 9.80 Å². The van der Waals surface area contributed by atoms with Crippen molar-refractivity contribution < 1.29 is 0 Å². The fraction of sp³-hybridized carbons (Fsp3) is 0.0625. The van der Waals surface area contributed by atoms with E-state index in [0.717, 1.165) is 16.9 Å². The first-order valence-corrected chi connectivity index (χ1v) is 23.5. The van der Waals surface area contributed by atoms with Gasteiger partial charge in [0.15, 0.2) is 0 Å². The summed E-state index contributed by atoms with van der Waals surface area (Å²) in [4.78, 5) is 5.08. The molecule has 0 spiro atoms. The Kier molecular flexibility index (Phi) is 9.87. The second-order valence-corrected chi connectivity index (χ2v) is 18.9. The van der Waals surface area contributed by atoms with Gasteiger partial charge in [0.25, 0.3) is 6.71 Å². The minimum absolute atomic E-state index is 0.00908. The van der Waals surface area contributed by atoms with E-state index in [2.05, 4.69) is 273 Å². The first-order valence-electron chi connectivity index (χ1n) is 23.5. The third-order valence-electron chi connectivity index (χ3n) is 13.8. The van der Waals surface area contributed by atoms with E-state index >= 15 is 0 Å². The maximum atomic E-state index is 2.55. The number of rotatable bonds is 7. The van der Waals surface area contributed by atoms with Crippen LogP contribution in [0.15, 0.2) is 243 Å². The Labute approximate surface area is 395 Å². The summed E-state index contributed by atoms with van der Waals surface area (Å²) < 4.78 is 0. The molecule has 0 saturated heterocycles. The van der Waals surface area contributed by atoms with Gasteiger partial charge in [-0.3, -0.25) is 0 Å². The van der Waals surface area contributed by atoms with Gasteiger partial charge in [0.05, 0.1) is 0 Å². The minimum atomic E-state index is -0.0418. The Morgan fingerprint density at radius 3 is 1.21 bits per heavy atom. The van der Waals surface area contributed by atoms with Crippen LogP contribution in [0.3, 0.4) is 0 Å². The predicted molar refractivity (Wildman–Crippen MR) is 286 cm³/mol. The molecule has 0 unspecified atom stereocenters. The first-order chi connectivity index (χ1) is 32.9. The van der Waals surface area contributed by atoms with E-state index in [1.165, 1.54) is 94.8 Å². The van der Waals surface area contributed by atoms with E-state index in [-0.39, 0.29) is 12.1 Å². The maximum Gasteiger partial charge on any atom is 0.252 e. The summed E-state index contributed by atoms with van der Waals surface area (Å²) in [6.45, 7) is 6.97. The lowest BCUT2D eigenvalue weighted by Crippen LogP contribution is -2.61. The van der Waals surface area contributed by atoms with E-state index in [1.807, 2.05) is 0 Å². The molecule has 0 bridgehead atoms. The SMILES string of the molecule is CC(C)(C)c1ccc2c(c1)B1c3ccccc3N(c3ccc(-c4ccccc4)cc3)c3cc(-c4c(-c5ccccc5)cccc4-c4ccccc4)cc(c31)N2c1ccc(-c2ccccc2)cc1. The highest BCUT2D eigenvalue weighted by Crippen LogP contribution is 2.49. The molecule has 0 radical (unpaired) electrons. The highest BCUT2D eigenvalue weighted by atomic mass is 15.2. The van der Waals surface area contributed by atoms with Crippen molar-refractivity contribution >= 4 is 57.2 Å². The third kappa shape index (κ3) is 7.07. The smallest absolute Gasteiger partial charge is 0.252 e. The zero-order valence-corrected chi connectivity index (χ0v) is 38.1. The van der Waals surface area contributed by atoms with Gasteiger partial charge in [-0.15, -0.1) is 0 Å². The first kappa shape index (κ1) is 40.4. The van der Waals surface area contributed by atoms with Gasteiger partial charge in [0, 0.05) is 34.1 Å². The molecule has 3 heteroatoms. The fourth-order valence-corrected chi connectivity index (χ4v) is 10.6. The average molecular weight is 857 g/mol. The molecule has 0 N–H and O–H groups in total. The molecule has 0 saturated carbocycles. The zero-order valence-electron chi connectivity index (χ0n) is 38.1. The van der Waals surface area contributed by atoms with Crippen molar-refractivity contribution in [2.24, 2.45) is 0 Å². The molecule has 0 aliphatic carbocycles. The van der Waals surface area contributed by atoms with Crippen molar-refractivity contribution in [3.8, 4) is 55.6 Å². The number of hydrogen-bond donors (Lipinski definition) is 0. The van der Waals surface area contributed by atoms with E-state index < -0.39 is 0 Å². The molecule has 67 heavy (non-hydrogen) atoms. The van der Waals surface area contributed by atoms with Crippen molar-refractivity contribution in [3.63, 3.8) is 0 Å². The number of hydrogen-bond acceptors (Lipinski definition) is 2. The molecular weight excluding hydrogens is 808 g/mol. The summed E-state index contributed by atoms with van der Waals surface area (Å²) in [5, 5.41) is 0. The molecule has 2 aliphatic rings. The third-order valence-corrected chi connectivity index (χ3v) is 13.8. The van der Waals surface area contributed by atoms with Crippen LogP contribution in [0, 0.1) is 0 Å². The van der Waals surface area contributed by atoms with Crippen LogP contribution < -0.4 is 26.2 Å². The maximum absolute atomic E-state index is 2.55. The van der Waals surface area contributed by atoms with Crippen molar-refractivity contribution in [1.29, 1.82) is 0 Å². The number of benzene rings is 10. The summed E-state index contributed by atoms with van der Waals surface area (Å²) >= 11 is 0. The topological polar surface area (TPSA) is 6.48 Å². The number of anilines is 6. The number of nitrogens with zero attached hydrogens (tertiary/aromatic N) is 2. The van der Waals surface area contributed by atoms with Crippen LogP contribution in [0.5, 0.6) is 0 Å². The van der Waals surface area contributed by atoms with Crippen molar-refractivity contribution in [3.05, 3.63) is 248 Å². The molecule has 0 atom stereocenters. The number of para-hydroxylation sites is 1. The second kappa shape index (κ2) is 16.4. The van der Waals surface area contributed by atoms with Gasteiger partial charge in [0.2, 0.25) is 0 Å². The van der Waals surface area contributed by atoms with Gasteiger partial charge in [-0.25, -0.2) is 0 Å². The summed E-state index contributed by atoms with van der Waals surface area (Å²) in [6, 6.07) is 89.7. The monoisotopic (exact) mass is 856 g/mol. The molecule has 2 nitrogen and oxygen atoms in total. The van der Waals surface area contributed by atoms with Crippen molar-refractivity contribution in [1.82, 2.24) is 0 Å². The van der Waals surface area contributed by atoms with Crippen LogP contribution in [0.2, 0.25) is 0 Å². The highest BCUT2D eigenvalue weighted by Gasteiger charge is 2.44. The lowest BCUT2D eigenvalue weighted by molar-refractivity contribution is 0.591. The molecule has 0 fully saturated rings. The molecule has 0 aromatic heterocycles. The Morgan fingerprint density at radius 2 is 0.731 bits per heavy atom. The predicted octanol–water partition coefficient (Wildman–Crippen LogP) is 15.4. The average Bonchev–Trinajstić information content (AvgIpc) is 3.39. The largest absolute Gasteiger partial charge is 0.311 e. The van der Waals surface area contributed by atoms with Crippen molar-refractivity contribution in [2.45, 2.75) is 26.2 Å². The van der Waals surface area contributed by atoms with E-state index in [9.17, 15) is 0 Å². The quantitative estimate of drug-likeness (QED) is 0.147. The molecule has 0 amide bonds. The van der Waals surface area contributed by atoms with Crippen LogP contribution in [0.25, 0.3) is 55.6 Å². The summed E-state index contributed by atoms with van der Waals surface area (Å²) in [5.41, 5.74) is 24.2. The van der Waals surface area contributed by atoms with Crippen LogP contribution in [0.1, 0.15) is 26.3 Å². The molecule has 318 valence electrons. The van der Waals surface area contributed by atoms with Gasteiger partial charge in [0.1, 0.15) is 0 Å².